The molecule has 0 unspecified atom stereocenters. The Morgan fingerprint density at radius 2 is 0.964 bits per heavy atom. The van der Waals surface area contributed by atoms with E-state index in [0.717, 1.165) is 114 Å². The molecule has 56 heavy (non-hydrogen) atoms. The van der Waals surface area contributed by atoms with E-state index in [1.54, 1.807) is 0 Å². The molecule has 2 saturated carbocycles. The number of rotatable bonds is 14. The first-order chi connectivity index (χ1) is 27.4. The minimum atomic E-state index is -0.240. The van der Waals surface area contributed by atoms with E-state index >= 15 is 0 Å². The Labute approximate surface area is 337 Å². The first-order valence-electron chi connectivity index (χ1n) is 21.7. The van der Waals surface area contributed by atoms with Crippen molar-refractivity contribution in [2.24, 2.45) is 0 Å². The lowest BCUT2D eigenvalue weighted by atomic mass is 9.81. The fraction of sp³-hybridized carbons (Fsp3) is 0.500. The smallest absolute Gasteiger partial charge is 0.261 e. The number of fused-ring (bicyclic) bond motifs is 2. The van der Waals surface area contributed by atoms with Crippen LogP contribution in [0.5, 0.6) is 5.75 Å². The molecule has 0 bridgehead atoms. The van der Waals surface area contributed by atoms with Crippen molar-refractivity contribution in [1.82, 2.24) is 9.80 Å². The third-order valence-electron chi connectivity index (χ3n) is 13.5. The monoisotopic (exact) mass is 816 g/mol. The van der Waals surface area contributed by atoms with E-state index in [0.29, 0.717) is 45.4 Å². The van der Waals surface area contributed by atoms with Crippen LogP contribution in [0.2, 0.25) is 0 Å². The van der Waals surface area contributed by atoms with Crippen LogP contribution in [0.25, 0.3) is 43.1 Å². The Balaban J connectivity index is 1.16. The van der Waals surface area contributed by atoms with E-state index in [1.165, 1.54) is 61.2 Å². The van der Waals surface area contributed by atoms with Gasteiger partial charge in [-0.1, -0.05) is 131 Å². The standard InChI is InChI=1S/C48H53BrN2O5/c1-2-3-4-5-6-7-8-9-10-17-26-56-38-28-36-40-34(46(53)51(48(36)55)30-20-15-12-16-21-30)24-22-31-41-37(49)27-35-39-33(25-23-32(43(39)41)42(38)44(31)40)45(52)50(47(35)54)29-18-13-11-14-19-29/h22-25,27-30H,2-21,26H2,1H3. The number of nitrogens with zero attached hydrogens (tertiary/aromatic N) is 2. The molecule has 2 aliphatic heterocycles. The van der Waals surface area contributed by atoms with Gasteiger partial charge in [0, 0.05) is 65.6 Å². The van der Waals surface area contributed by atoms with E-state index < -0.39 is 0 Å². The Hall–Kier alpha value is -4.04. The van der Waals surface area contributed by atoms with Gasteiger partial charge in [0.15, 0.2) is 0 Å². The number of carbonyl (C=O) groups is 4. The number of halogens is 1. The summed E-state index contributed by atoms with van der Waals surface area (Å²) in [5, 5.41) is 6.46. The Morgan fingerprint density at radius 3 is 1.50 bits per heavy atom. The fourth-order valence-electron chi connectivity index (χ4n) is 10.6. The van der Waals surface area contributed by atoms with Gasteiger partial charge in [-0.05, 0) is 67.1 Å². The van der Waals surface area contributed by atoms with E-state index in [2.05, 4.69) is 22.9 Å². The molecule has 8 heteroatoms. The van der Waals surface area contributed by atoms with Crippen molar-refractivity contribution in [3.05, 3.63) is 63.1 Å². The summed E-state index contributed by atoms with van der Waals surface area (Å²) in [6.07, 6.45) is 21.9. The van der Waals surface area contributed by atoms with Crippen LogP contribution in [-0.4, -0.2) is 52.1 Å². The summed E-state index contributed by atoms with van der Waals surface area (Å²) in [6.45, 7) is 2.76. The van der Waals surface area contributed by atoms with Crippen LogP contribution in [0, 0.1) is 0 Å². The molecule has 9 rings (SSSR count). The van der Waals surface area contributed by atoms with Crippen molar-refractivity contribution in [3.63, 3.8) is 0 Å². The number of imide groups is 2. The van der Waals surface area contributed by atoms with Crippen LogP contribution >= 0.6 is 15.9 Å². The van der Waals surface area contributed by atoms with Crippen molar-refractivity contribution < 1.29 is 23.9 Å². The largest absolute Gasteiger partial charge is 0.493 e. The van der Waals surface area contributed by atoms with Crippen LogP contribution in [0.15, 0.2) is 40.9 Å². The zero-order valence-electron chi connectivity index (χ0n) is 32.8. The Morgan fingerprint density at radius 1 is 0.518 bits per heavy atom. The molecular weight excluding hydrogens is 764 g/mol. The zero-order chi connectivity index (χ0) is 38.5. The van der Waals surface area contributed by atoms with Crippen LogP contribution in [0.3, 0.4) is 0 Å². The first kappa shape index (κ1) is 37.5. The van der Waals surface area contributed by atoms with Crippen LogP contribution in [-0.2, 0) is 0 Å². The van der Waals surface area contributed by atoms with Gasteiger partial charge in [-0.15, -0.1) is 0 Å². The first-order valence-corrected chi connectivity index (χ1v) is 22.5. The lowest BCUT2D eigenvalue weighted by molar-refractivity contribution is 0.0487. The van der Waals surface area contributed by atoms with Crippen molar-refractivity contribution in [2.45, 2.75) is 147 Å². The molecule has 292 valence electrons. The second kappa shape index (κ2) is 15.7. The summed E-state index contributed by atoms with van der Waals surface area (Å²) >= 11 is 3.90. The molecule has 0 atom stereocenters. The number of ether oxygens (including phenoxy) is 1. The molecule has 7 nitrogen and oxygen atoms in total. The van der Waals surface area contributed by atoms with Gasteiger partial charge in [0.05, 0.1) is 12.2 Å². The van der Waals surface area contributed by atoms with E-state index in [-0.39, 0.29) is 35.7 Å². The van der Waals surface area contributed by atoms with Gasteiger partial charge in [0.25, 0.3) is 23.6 Å². The molecule has 0 radical (unpaired) electrons. The summed E-state index contributed by atoms with van der Waals surface area (Å²) in [4.78, 5) is 60.7. The molecule has 5 aromatic rings. The molecule has 0 aromatic heterocycles. The minimum Gasteiger partial charge on any atom is -0.493 e. The number of unbranched alkanes of at least 4 members (excludes halogenated alkanes) is 9. The molecule has 4 amide bonds. The molecular formula is C48H53BrN2O5. The van der Waals surface area contributed by atoms with Gasteiger partial charge in [0.2, 0.25) is 0 Å². The third-order valence-corrected chi connectivity index (χ3v) is 14.1. The van der Waals surface area contributed by atoms with Gasteiger partial charge in [0.1, 0.15) is 5.75 Å². The Kier molecular flexibility index (Phi) is 10.5. The molecule has 2 heterocycles. The Bertz CT molecular complexity index is 2370. The lowest BCUT2D eigenvalue weighted by Gasteiger charge is -2.37. The highest BCUT2D eigenvalue weighted by atomic mass is 79.9. The second-order valence-electron chi connectivity index (χ2n) is 17.0. The zero-order valence-corrected chi connectivity index (χ0v) is 34.4. The predicted molar refractivity (Wildman–Crippen MR) is 227 cm³/mol. The van der Waals surface area contributed by atoms with Gasteiger partial charge in [-0.3, -0.25) is 29.0 Å². The van der Waals surface area contributed by atoms with Crippen LogP contribution < -0.4 is 4.74 Å². The van der Waals surface area contributed by atoms with E-state index in [4.69, 9.17) is 4.74 Å². The molecule has 5 aromatic carbocycles. The van der Waals surface area contributed by atoms with E-state index in [1.807, 2.05) is 36.4 Å². The minimum absolute atomic E-state index is 0.0936. The molecule has 2 fully saturated rings. The number of amides is 4. The highest BCUT2D eigenvalue weighted by molar-refractivity contribution is 9.10. The average Bonchev–Trinajstić information content (AvgIpc) is 3.22. The SMILES string of the molecule is CCCCCCCCCCCCOc1cc2c3c(ccc4c5c(Br)cc6c7c(ccc(c1c34)c75)C(=O)N(C1CCCCC1)C6=O)C(=O)N(C1CCCCC1)C2=O. The number of hydrogen-bond donors (Lipinski definition) is 0. The third kappa shape index (κ3) is 6.20. The highest BCUT2D eigenvalue weighted by Gasteiger charge is 2.42. The van der Waals surface area contributed by atoms with Crippen molar-refractivity contribution in [1.29, 1.82) is 0 Å². The normalized spacial score (nSPS) is 18.2. The van der Waals surface area contributed by atoms with Crippen LogP contribution in [0.4, 0.5) is 0 Å². The molecule has 0 spiro atoms. The quantitative estimate of drug-likeness (QED) is 0.0482. The maximum absolute atomic E-state index is 14.6. The topological polar surface area (TPSA) is 84.0 Å². The van der Waals surface area contributed by atoms with E-state index in [9.17, 15) is 19.2 Å². The lowest BCUT2D eigenvalue weighted by Crippen LogP contribution is -2.48. The summed E-state index contributed by atoms with van der Waals surface area (Å²) in [5.74, 6) is -0.295. The number of hydrogen-bond acceptors (Lipinski definition) is 5. The molecule has 2 aliphatic carbocycles. The molecule has 0 N–H and O–H groups in total. The van der Waals surface area contributed by atoms with Gasteiger partial charge >= 0.3 is 0 Å². The van der Waals surface area contributed by atoms with Crippen molar-refractivity contribution in [3.8, 4) is 5.75 Å². The second-order valence-corrected chi connectivity index (χ2v) is 17.8. The van der Waals surface area contributed by atoms with Crippen LogP contribution in [0.1, 0.15) is 177 Å². The van der Waals surface area contributed by atoms with Crippen molar-refractivity contribution in [2.75, 3.05) is 6.61 Å². The molecule has 0 saturated heterocycles. The average molecular weight is 818 g/mol. The predicted octanol–water partition coefficient (Wildman–Crippen LogP) is 12.7. The summed E-state index contributed by atoms with van der Waals surface area (Å²) in [6, 6.07) is 11.4. The van der Waals surface area contributed by atoms with Gasteiger partial charge < -0.3 is 4.74 Å². The summed E-state index contributed by atoms with van der Waals surface area (Å²) in [5.41, 5.74) is 2.15. The number of benzene rings is 5. The fourth-order valence-corrected chi connectivity index (χ4v) is 11.3. The van der Waals surface area contributed by atoms with Gasteiger partial charge in [-0.2, -0.15) is 0 Å². The van der Waals surface area contributed by atoms with Crippen molar-refractivity contribution >= 4 is 82.6 Å². The summed E-state index contributed by atoms with van der Waals surface area (Å²) in [7, 11) is 0. The maximum Gasteiger partial charge on any atom is 0.261 e. The molecule has 4 aliphatic rings. The highest BCUT2D eigenvalue weighted by Crippen LogP contribution is 2.51. The summed E-state index contributed by atoms with van der Waals surface area (Å²) < 4.78 is 7.52. The van der Waals surface area contributed by atoms with Gasteiger partial charge in [-0.25, -0.2) is 0 Å². The number of carbonyl (C=O) groups excluding carboxylic acids is 4. The maximum atomic E-state index is 14.6.